The molecule has 0 unspecified atom stereocenters. The van der Waals surface area contributed by atoms with Gasteiger partial charge in [-0.2, -0.15) is 0 Å². The van der Waals surface area contributed by atoms with Crippen LogP contribution in [0.4, 0.5) is 0 Å². The highest BCUT2D eigenvalue weighted by molar-refractivity contribution is 7.99. The average Bonchev–Trinajstić information content (AvgIpc) is 2.53. The summed E-state index contributed by atoms with van der Waals surface area (Å²) in [5.41, 5.74) is 2.54. The van der Waals surface area contributed by atoms with Crippen LogP contribution < -0.4 is 0 Å². The van der Waals surface area contributed by atoms with E-state index in [0.717, 1.165) is 25.7 Å². The van der Waals surface area contributed by atoms with Gasteiger partial charge in [-0.1, -0.05) is 36.0 Å². The first-order valence-corrected chi connectivity index (χ1v) is 8.21. The van der Waals surface area contributed by atoms with Gasteiger partial charge in [0.05, 0.1) is 0 Å². The second kappa shape index (κ2) is 8.88. The molecule has 0 aliphatic rings. The summed E-state index contributed by atoms with van der Waals surface area (Å²) >= 11 is 1.75. The van der Waals surface area contributed by atoms with Gasteiger partial charge in [0.25, 0.3) is 0 Å². The Morgan fingerprint density at radius 1 is 0.619 bits per heavy atom. The van der Waals surface area contributed by atoms with Gasteiger partial charge in [0.15, 0.2) is 0 Å². The van der Waals surface area contributed by atoms with Crippen LogP contribution in [-0.4, -0.2) is 23.4 Å². The molecule has 2 rings (SSSR count). The molecule has 0 bridgehead atoms. The maximum Gasteiger partial charge on any atom is 0.0434 e. The summed E-state index contributed by atoms with van der Waals surface area (Å²) in [6.45, 7) is 0.498. The van der Waals surface area contributed by atoms with Crippen molar-refractivity contribution in [2.75, 3.05) is 13.2 Å². The summed E-state index contributed by atoms with van der Waals surface area (Å²) in [6.07, 6.45) is 3.51. The molecule has 2 N–H and O–H groups in total. The quantitative estimate of drug-likeness (QED) is 0.781. The van der Waals surface area contributed by atoms with Crippen molar-refractivity contribution in [1.82, 2.24) is 0 Å². The number of aryl methyl sites for hydroxylation is 2. The molecule has 21 heavy (non-hydrogen) atoms. The van der Waals surface area contributed by atoms with E-state index in [4.69, 9.17) is 10.2 Å². The molecule has 0 spiro atoms. The van der Waals surface area contributed by atoms with E-state index in [1.54, 1.807) is 11.8 Å². The maximum atomic E-state index is 8.84. The molecular weight excluding hydrogens is 280 g/mol. The van der Waals surface area contributed by atoms with Gasteiger partial charge in [-0.3, -0.25) is 0 Å². The first-order chi connectivity index (χ1) is 10.3. The third kappa shape index (κ3) is 5.54. The van der Waals surface area contributed by atoms with Crippen molar-refractivity contribution in [1.29, 1.82) is 0 Å². The molecule has 0 saturated heterocycles. The predicted octanol–water partition coefficient (Wildman–Crippen LogP) is 3.69. The molecule has 0 aliphatic heterocycles. The van der Waals surface area contributed by atoms with Crippen molar-refractivity contribution in [3.8, 4) is 0 Å². The van der Waals surface area contributed by atoms with Crippen LogP contribution in [0.2, 0.25) is 0 Å². The topological polar surface area (TPSA) is 40.5 Å². The summed E-state index contributed by atoms with van der Waals surface area (Å²) in [7, 11) is 0. The fourth-order valence-electron chi connectivity index (χ4n) is 2.15. The summed E-state index contributed by atoms with van der Waals surface area (Å²) in [6, 6.07) is 17.1. The number of hydrogen-bond acceptors (Lipinski definition) is 3. The smallest absolute Gasteiger partial charge is 0.0434 e. The largest absolute Gasteiger partial charge is 0.396 e. The van der Waals surface area contributed by atoms with Crippen LogP contribution >= 0.6 is 11.8 Å². The van der Waals surface area contributed by atoms with Crippen LogP contribution in [0.3, 0.4) is 0 Å². The van der Waals surface area contributed by atoms with Crippen molar-refractivity contribution in [2.45, 2.75) is 35.5 Å². The number of rotatable bonds is 8. The van der Waals surface area contributed by atoms with Gasteiger partial charge in [-0.05, 0) is 61.1 Å². The van der Waals surface area contributed by atoms with Gasteiger partial charge in [-0.25, -0.2) is 0 Å². The van der Waals surface area contributed by atoms with E-state index in [-0.39, 0.29) is 13.2 Å². The lowest BCUT2D eigenvalue weighted by Crippen LogP contribution is -1.89. The summed E-state index contributed by atoms with van der Waals surface area (Å²) in [5.74, 6) is 0. The lowest BCUT2D eigenvalue weighted by Gasteiger charge is -2.05. The third-order valence-corrected chi connectivity index (χ3v) is 4.35. The van der Waals surface area contributed by atoms with E-state index < -0.39 is 0 Å². The molecule has 3 heteroatoms. The van der Waals surface area contributed by atoms with Crippen molar-refractivity contribution in [2.24, 2.45) is 0 Å². The van der Waals surface area contributed by atoms with Crippen molar-refractivity contribution in [3.05, 3.63) is 59.7 Å². The van der Waals surface area contributed by atoms with Gasteiger partial charge in [0, 0.05) is 23.0 Å². The van der Waals surface area contributed by atoms with Crippen LogP contribution in [-0.2, 0) is 12.8 Å². The van der Waals surface area contributed by atoms with E-state index in [1.165, 1.54) is 20.9 Å². The van der Waals surface area contributed by atoms with E-state index >= 15 is 0 Å². The van der Waals surface area contributed by atoms with Gasteiger partial charge >= 0.3 is 0 Å². The number of benzene rings is 2. The highest BCUT2D eigenvalue weighted by atomic mass is 32.2. The molecule has 0 aromatic heterocycles. The zero-order chi connectivity index (χ0) is 14.9. The van der Waals surface area contributed by atoms with Gasteiger partial charge < -0.3 is 10.2 Å². The Bertz CT molecular complexity index is 470. The minimum absolute atomic E-state index is 0.249. The van der Waals surface area contributed by atoms with Crippen molar-refractivity contribution >= 4 is 11.8 Å². The van der Waals surface area contributed by atoms with E-state index in [9.17, 15) is 0 Å². The molecule has 0 heterocycles. The first-order valence-electron chi connectivity index (χ1n) is 7.39. The first kappa shape index (κ1) is 16.1. The average molecular weight is 302 g/mol. The van der Waals surface area contributed by atoms with Crippen LogP contribution in [0.25, 0.3) is 0 Å². The van der Waals surface area contributed by atoms with E-state index in [2.05, 4.69) is 48.5 Å². The monoisotopic (exact) mass is 302 g/mol. The lowest BCUT2D eigenvalue weighted by atomic mass is 10.1. The zero-order valence-electron chi connectivity index (χ0n) is 12.2. The highest BCUT2D eigenvalue weighted by Gasteiger charge is 1.99. The fraction of sp³-hybridized carbons (Fsp3) is 0.333. The maximum absolute atomic E-state index is 8.84. The second-order valence-corrected chi connectivity index (χ2v) is 6.19. The van der Waals surface area contributed by atoms with E-state index in [1.807, 2.05) is 0 Å². The summed E-state index contributed by atoms with van der Waals surface area (Å²) in [4.78, 5) is 2.46. The number of aliphatic hydroxyl groups excluding tert-OH is 2. The van der Waals surface area contributed by atoms with Gasteiger partial charge in [0.2, 0.25) is 0 Å². The summed E-state index contributed by atoms with van der Waals surface area (Å²) in [5, 5.41) is 17.7. The molecule has 0 fully saturated rings. The Labute approximate surface area is 130 Å². The molecule has 0 saturated carbocycles. The van der Waals surface area contributed by atoms with Crippen LogP contribution in [0, 0.1) is 0 Å². The molecule has 0 atom stereocenters. The van der Waals surface area contributed by atoms with Gasteiger partial charge in [-0.15, -0.1) is 0 Å². The Balaban J connectivity index is 1.91. The molecule has 0 aliphatic carbocycles. The van der Waals surface area contributed by atoms with Crippen LogP contribution in [0.5, 0.6) is 0 Å². The zero-order valence-corrected chi connectivity index (χ0v) is 13.0. The predicted molar refractivity (Wildman–Crippen MR) is 87.8 cm³/mol. The minimum Gasteiger partial charge on any atom is -0.396 e. The van der Waals surface area contributed by atoms with Crippen LogP contribution in [0.15, 0.2) is 58.3 Å². The third-order valence-electron chi connectivity index (χ3n) is 3.33. The minimum atomic E-state index is 0.249. The Morgan fingerprint density at radius 3 is 1.33 bits per heavy atom. The SMILES string of the molecule is OCCCc1ccc(Sc2ccc(CCCO)cc2)cc1. The molecule has 0 amide bonds. The second-order valence-electron chi connectivity index (χ2n) is 5.04. The molecular formula is C18H22O2S. The summed E-state index contributed by atoms with van der Waals surface area (Å²) < 4.78 is 0. The van der Waals surface area contributed by atoms with Crippen molar-refractivity contribution < 1.29 is 10.2 Å². The standard InChI is InChI=1S/C18H22O2S/c19-13-1-3-15-5-9-17(10-6-15)21-18-11-7-16(8-12-18)4-2-14-20/h5-12,19-20H,1-4,13-14H2. The Kier molecular flexibility index (Phi) is 6.80. The molecule has 0 radical (unpaired) electrons. The van der Waals surface area contributed by atoms with Gasteiger partial charge in [0.1, 0.15) is 0 Å². The lowest BCUT2D eigenvalue weighted by molar-refractivity contribution is 0.288. The molecule has 2 aromatic carbocycles. The molecule has 112 valence electrons. The van der Waals surface area contributed by atoms with Crippen LogP contribution in [0.1, 0.15) is 24.0 Å². The normalized spacial score (nSPS) is 10.8. The molecule has 2 aromatic rings. The number of hydrogen-bond donors (Lipinski definition) is 2. The Hall–Kier alpha value is -1.29. The fourth-order valence-corrected chi connectivity index (χ4v) is 2.97. The Morgan fingerprint density at radius 2 is 1.00 bits per heavy atom. The molecule has 2 nitrogen and oxygen atoms in total. The van der Waals surface area contributed by atoms with E-state index in [0.29, 0.717) is 0 Å². The number of aliphatic hydroxyl groups is 2. The van der Waals surface area contributed by atoms with Crippen molar-refractivity contribution in [3.63, 3.8) is 0 Å². The highest BCUT2D eigenvalue weighted by Crippen LogP contribution is 2.28.